The Morgan fingerprint density at radius 1 is 1.37 bits per heavy atom. The van der Waals surface area contributed by atoms with Crippen molar-refractivity contribution in [2.24, 2.45) is 0 Å². The van der Waals surface area contributed by atoms with E-state index in [1.54, 1.807) is 0 Å². The van der Waals surface area contributed by atoms with E-state index < -0.39 is 0 Å². The van der Waals surface area contributed by atoms with Crippen molar-refractivity contribution in [2.45, 2.75) is 25.8 Å². The second-order valence-corrected chi connectivity index (χ2v) is 5.92. The van der Waals surface area contributed by atoms with Gasteiger partial charge in [0.25, 0.3) is 0 Å². The van der Waals surface area contributed by atoms with Gasteiger partial charge in [0.05, 0.1) is 0 Å². The van der Waals surface area contributed by atoms with E-state index in [1.165, 1.54) is 11.3 Å². The van der Waals surface area contributed by atoms with E-state index in [0.717, 1.165) is 28.9 Å². The van der Waals surface area contributed by atoms with Crippen LogP contribution in [0, 0.1) is 0 Å². The van der Waals surface area contributed by atoms with Crippen molar-refractivity contribution in [2.75, 3.05) is 6.54 Å². The molecule has 1 atom stereocenters. The number of hydrogen-bond acceptors (Lipinski definition) is 1. The first-order chi connectivity index (χ1) is 9.19. The summed E-state index contributed by atoms with van der Waals surface area (Å²) < 4.78 is 1.10. The molecule has 0 radical (unpaired) electrons. The summed E-state index contributed by atoms with van der Waals surface area (Å²) in [4.78, 5) is 3.24. The summed E-state index contributed by atoms with van der Waals surface area (Å²) in [5.74, 6) is 0. The molecule has 0 saturated heterocycles. The molecule has 2 aromatic rings. The molecule has 0 bridgehead atoms. The van der Waals surface area contributed by atoms with E-state index in [0.29, 0.717) is 6.04 Å². The minimum atomic E-state index is 0.358. The number of rotatable bonds is 6. The van der Waals surface area contributed by atoms with Crippen molar-refractivity contribution in [3.05, 3.63) is 57.3 Å². The zero-order chi connectivity index (χ0) is 13.7. The monoisotopic (exact) mass is 340 g/mol. The van der Waals surface area contributed by atoms with Crippen LogP contribution in [0.4, 0.5) is 0 Å². The summed E-state index contributed by atoms with van der Waals surface area (Å²) in [5.41, 5.74) is 2.49. The highest BCUT2D eigenvalue weighted by atomic mass is 79.9. The first kappa shape index (κ1) is 14.6. The zero-order valence-corrected chi connectivity index (χ0v) is 13.3. The first-order valence-corrected chi connectivity index (χ1v) is 7.67. The average Bonchev–Trinajstić information content (AvgIpc) is 2.80. The molecule has 1 heterocycles. The fourth-order valence-electron chi connectivity index (χ4n) is 2.16. The summed E-state index contributed by atoms with van der Waals surface area (Å²) in [5, 5.41) is 4.37. The third-order valence-corrected chi connectivity index (χ3v) is 3.84. The molecule has 4 heteroatoms. The Morgan fingerprint density at radius 3 is 2.84 bits per heavy atom. The van der Waals surface area contributed by atoms with E-state index in [-0.39, 0.29) is 0 Å². The number of aromatic amines is 1. The number of H-pyrrole nitrogens is 1. The van der Waals surface area contributed by atoms with Crippen LogP contribution in [0.3, 0.4) is 0 Å². The van der Waals surface area contributed by atoms with Gasteiger partial charge >= 0.3 is 0 Å². The van der Waals surface area contributed by atoms with Gasteiger partial charge in [0.15, 0.2) is 0 Å². The van der Waals surface area contributed by atoms with E-state index in [9.17, 15) is 0 Å². The molecule has 102 valence electrons. The van der Waals surface area contributed by atoms with Crippen molar-refractivity contribution in [1.29, 1.82) is 0 Å². The Bertz CT molecular complexity index is 524. The molecule has 0 aliphatic heterocycles. The van der Waals surface area contributed by atoms with E-state index >= 15 is 0 Å². The molecule has 2 N–H and O–H groups in total. The molecule has 2 rings (SSSR count). The summed E-state index contributed by atoms with van der Waals surface area (Å²) in [7, 11) is 0. The van der Waals surface area contributed by atoms with Crippen LogP contribution in [-0.4, -0.2) is 11.5 Å². The van der Waals surface area contributed by atoms with Gasteiger partial charge in [-0.1, -0.05) is 30.7 Å². The average molecular weight is 342 g/mol. The smallest absolute Gasteiger partial charge is 0.0409 e. The normalized spacial score (nSPS) is 12.6. The van der Waals surface area contributed by atoms with Crippen molar-refractivity contribution in [1.82, 2.24) is 10.3 Å². The van der Waals surface area contributed by atoms with Gasteiger partial charge in [0.2, 0.25) is 0 Å². The molecule has 0 spiro atoms. The van der Waals surface area contributed by atoms with Crippen LogP contribution >= 0.6 is 27.5 Å². The number of halogens is 2. The standard InChI is InChI=1S/C15H18BrClN2/c1-2-15(11-4-3-5-13(17)8-11)18-7-6-14-9-12(16)10-19-14/h3-5,8-10,15,18-19H,2,6-7H2,1H3/t15-/m1/s1. The Balaban J connectivity index is 1.89. The predicted octanol–water partition coefficient (Wildman–Crippen LogP) is 4.71. The largest absolute Gasteiger partial charge is 0.364 e. The maximum absolute atomic E-state index is 6.04. The molecule has 1 aromatic heterocycles. The number of aromatic nitrogens is 1. The third kappa shape index (κ3) is 4.37. The second-order valence-electron chi connectivity index (χ2n) is 4.56. The highest BCUT2D eigenvalue weighted by Gasteiger charge is 2.08. The maximum Gasteiger partial charge on any atom is 0.0409 e. The number of hydrogen-bond donors (Lipinski definition) is 2. The fraction of sp³-hybridized carbons (Fsp3) is 0.333. The molecule has 19 heavy (non-hydrogen) atoms. The molecule has 0 saturated carbocycles. The lowest BCUT2D eigenvalue weighted by Gasteiger charge is -2.17. The molecule has 1 aromatic carbocycles. The lowest BCUT2D eigenvalue weighted by atomic mass is 10.0. The minimum absolute atomic E-state index is 0.358. The van der Waals surface area contributed by atoms with Crippen LogP contribution in [-0.2, 0) is 6.42 Å². The summed E-state index contributed by atoms with van der Waals surface area (Å²) in [6, 6.07) is 10.5. The van der Waals surface area contributed by atoms with E-state index in [4.69, 9.17) is 11.6 Å². The van der Waals surface area contributed by atoms with Crippen LogP contribution in [0.25, 0.3) is 0 Å². The first-order valence-electron chi connectivity index (χ1n) is 6.50. The molecule has 0 fully saturated rings. The van der Waals surface area contributed by atoms with Gasteiger partial charge in [-0.3, -0.25) is 0 Å². The van der Waals surface area contributed by atoms with E-state index in [1.807, 2.05) is 24.4 Å². The zero-order valence-electron chi connectivity index (χ0n) is 10.9. The van der Waals surface area contributed by atoms with E-state index in [2.05, 4.69) is 45.3 Å². The Hall–Kier alpha value is -0.770. The van der Waals surface area contributed by atoms with Crippen LogP contribution in [0.5, 0.6) is 0 Å². The van der Waals surface area contributed by atoms with Gasteiger partial charge < -0.3 is 10.3 Å². The Morgan fingerprint density at radius 2 is 2.21 bits per heavy atom. The van der Waals surface area contributed by atoms with Gasteiger partial charge in [-0.25, -0.2) is 0 Å². The SMILES string of the molecule is CC[C@@H](NCCc1cc(Br)c[nH]1)c1cccc(Cl)c1. The van der Waals surface area contributed by atoms with Crippen LogP contribution in [0.1, 0.15) is 30.6 Å². The highest BCUT2D eigenvalue weighted by Crippen LogP contribution is 2.20. The predicted molar refractivity (Wildman–Crippen MR) is 84.7 cm³/mol. The quantitative estimate of drug-likeness (QED) is 0.782. The van der Waals surface area contributed by atoms with Crippen LogP contribution < -0.4 is 5.32 Å². The summed E-state index contributed by atoms with van der Waals surface area (Å²) in [6.45, 7) is 3.13. The van der Waals surface area contributed by atoms with Crippen LogP contribution in [0.2, 0.25) is 5.02 Å². The second kappa shape index (κ2) is 7.13. The van der Waals surface area contributed by atoms with Gasteiger partial charge in [0.1, 0.15) is 0 Å². The Kier molecular flexibility index (Phi) is 5.49. The molecule has 0 unspecified atom stereocenters. The minimum Gasteiger partial charge on any atom is -0.364 e. The molecule has 2 nitrogen and oxygen atoms in total. The number of nitrogens with one attached hydrogen (secondary N) is 2. The number of benzene rings is 1. The third-order valence-electron chi connectivity index (χ3n) is 3.15. The van der Waals surface area contributed by atoms with Crippen molar-refractivity contribution < 1.29 is 0 Å². The Labute approximate surface area is 127 Å². The summed E-state index contributed by atoms with van der Waals surface area (Å²) in [6.07, 6.45) is 4.00. The highest BCUT2D eigenvalue weighted by molar-refractivity contribution is 9.10. The maximum atomic E-state index is 6.04. The summed E-state index contributed by atoms with van der Waals surface area (Å²) >= 11 is 9.49. The van der Waals surface area contributed by atoms with Crippen molar-refractivity contribution in [3.8, 4) is 0 Å². The van der Waals surface area contributed by atoms with Crippen LogP contribution in [0.15, 0.2) is 41.0 Å². The fourth-order valence-corrected chi connectivity index (χ4v) is 2.75. The molecule has 0 amide bonds. The topological polar surface area (TPSA) is 27.8 Å². The molecular formula is C15H18BrClN2. The van der Waals surface area contributed by atoms with Gasteiger partial charge in [-0.2, -0.15) is 0 Å². The lowest BCUT2D eigenvalue weighted by molar-refractivity contribution is 0.521. The van der Waals surface area contributed by atoms with Crippen molar-refractivity contribution >= 4 is 27.5 Å². The molecule has 0 aliphatic rings. The van der Waals surface area contributed by atoms with Gasteiger partial charge in [0, 0.05) is 34.0 Å². The van der Waals surface area contributed by atoms with Crippen molar-refractivity contribution in [3.63, 3.8) is 0 Å². The lowest BCUT2D eigenvalue weighted by Crippen LogP contribution is -2.23. The molecular weight excluding hydrogens is 324 g/mol. The molecule has 0 aliphatic carbocycles. The van der Waals surface area contributed by atoms with Gasteiger partial charge in [-0.05, 0) is 52.5 Å². The van der Waals surface area contributed by atoms with Gasteiger partial charge in [-0.15, -0.1) is 0 Å².